The summed E-state index contributed by atoms with van der Waals surface area (Å²) >= 11 is 0. The van der Waals surface area contributed by atoms with Crippen LogP contribution in [0.2, 0.25) is 0 Å². The van der Waals surface area contributed by atoms with Gasteiger partial charge in [0.25, 0.3) is 11.5 Å². The minimum absolute atomic E-state index is 0.0492. The smallest absolute Gasteiger partial charge is 0.261 e. The minimum Gasteiger partial charge on any atom is -0.349 e. The lowest BCUT2D eigenvalue weighted by Crippen LogP contribution is -2.41. The van der Waals surface area contributed by atoms with Gasteiger partial charge in [0.05, 0.1) is 6.20 Å². The SMILES string of the molecule is O=C(NC1CCc2cn[nH]c2C1)c1cc2c([nH]c1=O)CCC2. The van der Waals surface area contributed by atoms with Crippen LogP contribution < -0.4 is 10.9 Å². The lowest BCUT2D eigenvalue weighted by molar-refractivity contribution is 0.0932. The van der Waals surface area contributed by atoms with Crippen LogP contribution in [-0.2, 0) is 25.7 Å². The van der Waals surface area contributed by atoms with E-state index in [2.05, 4.69) is 20.5 Å². The van der Waals surface area contributed by atoms with Crippen LogP contribution in [0.15, 0.2) is 17.1 Å². The second-order valence-corrected chi connectivity index (χ2v) is 6.16. The van der Waals surface area contributed by atoms with Crippen LogP contribution in [0.25, 0.3) is 0 Å². The van der Waals surface area contributed by atoms with E-state index in [1.165, 1.54) is 5.56 Å². The molecule has 0 aliphatic heterocycles. The van der Waals surface area contributed by atoms with Crippen molar-refractivity contribution in [2.45, 2.75) is 44.6 Å². The summed E-state index contributed by atoms with van der Waals surface area (Å²) in [5.41, 5.74) is 4.35. The largest absolute Gasteiger partial charge is 0.349 e. The quantitative estimate of drug-likeness (QED) is 0.768. The highest BCUT2D eigenvalue weighted by atomic mass is 16.2. The maximum Gasteiger partial charge on any atom is 0.261 e. The van der Waals surface area contributed by atoms with Gasteiger partial charge in [0.2, 0.25) is 0 Å². The Morgan fingerprint density at radius 2 is 2.14 bits per heavy atom. The molecule has 22 heavy (non-hydrogen) atoms. The zero-order valence-electron chi connectivity index (χ0n) is 12.2. The molecule has 2 heterocycles. The van der Waals surface area contributed by atoms with E-state index in [9.17, 15) is 9.59 Å². The number of carbonyl (C=O) groups excluding carboxylic acids is 1. The summed E-state index contributed by atoms with van der Waals surface area (Å²) in [6.07, 6.45) is 7.24. The Morgan fingerprint density at radius 3 is 3.05 bits per heavy atom. The van der Waals surface area contributed by atoms with Crippen LogP contribution in [0.5, 0.6) is 0 Å². The maximum absolute atomic E-state index is 12.4. The van der Waals surface area contributed by atoms with Gasteiger partial charge in [-0.05, 0) is 49.3 Å². The molecule has 1 unspecified atom stereocenters. The standard InChI is InChI=1S/C16H18N4O2/c21-15(12-6-9-2-1-3-13(9)19-16(12)22)18-11-5-4-10-8-17-20-14(10)7-11/h6,8,11H,1-5,7H2,(H,17,20)(H,18,21)(H,19,22). The van der Waals surface area contributed by atoms with E-state index in [1.54, 1.807) is 6.07 Å². The number of nitrogens with zero attached hydrogens (tertiary/aromatic N) is 1. The number of aromatic nitrogens is 3. The molecule has 4 rings (SSSR count). The predicted molar refractivity (Wildman–Crippen MR) is 81.0 cm³/mol. The van der Waals surface area contributed by atoms with Gasteiger partial charge in [-0.1, -0.05) is 0 Å². The third kappa shape index (κ3) is 2.24. The summed E-state index contributed by atoms with van der Waals surface area (Å²) in [7, 11) is 0. The predicted octanol–water partition coefficient (Wildman–Crippen LogP) is 0.874. The summed E-state index contributed by atoms with van der Waals surface area (Å²) in [4.78, 5) is 27.4. The van der Waals surface area contributed by atoms with Crippen molar-refractivity contribution < 1.29 is 4.79 Å². The first-order chi connectivity index (χ1) is 10.7. The number of rotatable bonds is 2. The molecule has 2 aliphatic carbocycles. The van der Waals surface area contributed by atoms with Gasteiger partial charge >= 0.3 is 0 Å². The van der Waals surface area contributed by atoms with Crippen LogP contribution in [0.4, 0.5) is 0 Å². The monoisotopic (exact) mass is 298 g/mol. The van der Waals surface area contributed by atoms with Crippen LogP contribution in [0.1, 0.15) is 45.7 Å². The summed E-state index contributed by atoms with van der Waals surface area (Å²) in [6, 6.07) is 1.81. The third-order valence-electron chi connectivity index (χ3n) is 4.69. The molecule has 2 aromatic heterocycles. The van der Waals surface area contributed by atoms with Crippen molar-refractivity contribution in [2.75, 3.05) is 0 Å². The normalized spacial score (nSPS) is 19.5. The Hall–Kier alpha value is -2.37. The van der Waals surface area contributed by atoms with Crippen LogP contribution in [0, 0.1) is 0 Å². The van der Waals surface area contributed by atoms with Crippen molar-refractivity contribution in [1.82, 2.24) is 20.5 Å². The Bertz CT molecular complexity index is 790. The topological polar surface area (TPSA) is 90.6 Å². The van der Waals surface area contributed by atoms with Crippen molar-refractivity contribution in [3.05, 3.63) is 50.7 Å². The lowest BCUT2D eigenvalue weighted by atomic mass is 9.93. The van der Waals surface area contributed by atoms with E-state index < -0.39 is 0 Å². The Morgan fingerprint density at radius 1 is 1.23 bits per heavy atom. The molecule has 0 saturated heterocycles. The number of H-pyrrole nitrogens is 2. The summed E-state index contributed by atoms with van der Waals surface area (Å²) < 4.78 is 0. The van der Waals surface area contributed by atoms with Crippen LogP contribution in [-0.4, -0.2) is 27.1 Å². The molecule has 114 valence electrons. The molecule has 0 radical (unpaired) electrons. The number of hydrogen-bond acceptors (Lipinski definition) is 3. The molecule has 0 bridgehead atoms. The van der Waals surface area contributed by atoms with Crippen molar-refractivity contribution >= 4 is 5.91 Å². The van der Waals surface area contributed by atoms with Crippen molar-refractivity contribution in [3.8, 4) is 0 Å². The van der Waals surface area contributed by atoms with Crippen LogP contribution >= 0.6 is 0 Å². The molecule has 2 aromatic rings. The van der Waals surface area contributed by atoms with Gasteiger partial charge in [-0.3, -0.25) is 14.7 Å². The van der Waals surface area contributed by atoms with Gasteiger partial charge in [-0.25, -0.2) is 0 Å². The number of nitrogens with one attached hydrogen (secondary N) is 3. The second-order valence-electron chi connectivity index (χ2n) is 6.16. The molecule has 0 aromatic carbocycles. The third-order valence-corrected chi connectivity index (χ3v) is 4.69. The van der Waals surface area contributed by atoms with Gasteiger partial charge in [0.15, 0.2) is 0 Å². The number of pyridine rings is 1. The first kappa shape index (κ1) is 13.3. The van der Waals surface area contributed by atoms with Crippen LogP contribution in [0.3, 0.4) is 0 Å². The fourth-order valence-corrected chi connectivity index (χ4v) is 3.48. The molecular weight excluding hydrogens is 280 g/mol. The van der Waals surface area contributed by atoms with Gasteiger partial charge in [0, 0.05) is 23.9 Å². The lowest BCUT2D eigenvalue weighted by Gasteiger charge is -2.22. The summed E-state index contributed by atoms with van der Waals surface area (Å²) in [5.74, 6) is -0.274. The number of amides is 1. The number of fused-ring (bicyclic) bond motifs is 2. The van der Waals surface area contributed by atoms with E-state index in [-0.39, 0.29) is 23.1 Å². The van der Waals surface area contributed by atoms with Crippen molar-refractivity contribution in [2.24, 2.45) is 0 Å². The molecule has 0 spiro atoms. The Labute approximate surface area is 127 Å². The number of hydrogen-bond donors (Lipinski definition) is 3. The highest BCUT2D eigenvalue weighted by Crippen LogP contribution is 2.20. The fraction of sp³-hybridized carbons (Fsp3) is 0.438. The van der Waals surface area contributed by atoms with Crippen molar-refractivity contribution in [3.63, 3.8) is 0 Å². The molecular formula is C16H18N4O2. The van der Waals surface area contributed by atoms with Gasteiger partial charge in [0.1, 0.15) is 5.56 Å². The first-order valence-electron chi connectivity index (χ1n) is 7.78. The Balaban J connectivity index is 1.52. The van der Waals surface area contributed by atoms with E-state index in [0.717, 1.165) is 55.5 Å². The zero-order valence-corrected chi connectivity index (χ0v) is 12.2. The molecule has 6 heteroatoms. The molecule has 2 aliphatic rings. The minimum atomic E-state index is -0.281. The summed E-state index contributed by atoms with van der Waals surface area (Å²) in [6.45, 7) is 0. The number of aromatic amines is 2. The van der Waals surface area contributed by atoms with E-state index in [4.69, 9.17) is 0 Å². The molecule has 0 fully saturated rings. The van der Waals surface area contributed by atoms with E-state index >= 15 is 0 Å². The van der Waals surface area contributed by atoms with E-state index in [0.29, 0.717) is 0 Å². The van der Waals surface area contributed by atoms with Gasteiger partial charge < -0.3 is 10.3 Å². The Kier molecular flexibility index (Phi) is 3.10. The molecule has 1 amide bonds. The van der Waals surface area contributed by atoms with Gasteiger partial charge in [-0.2, -0.15) is 5.10 Å². The molecule has 6 nitrogen and oxygen atoms in total. The second kappa shape index (κ2) is 5.12. The highest BCUT2D eigenvalue weighted by Gasteiger charge is 2.24. The first-order valence-corrected chi connectivity index (χ1v) is 7.78. The zero-order chi connectivity index (χ0) is 15.1. The average Bonchev–Trinajstić information content (AvgIpc) is 3.13. The maximum atomic E-state index is 12.4. The highest BCUT2D eigenvalue weighted by molar-refractivity contribution is 5.94. The number of carbonyl (C=O) groups is 1. The summed E-state index contributed by atoms with van der Waals surface area (Å²) in [5, 5.41) is 10.0. The van der Waals surface area contributed by atoms with Crippen molar-refractivity contribution in [1.29, 1.82) is 0 Å². The fourth-order valence-electron chi connectivity index (χ4n) is 3.48. The van der Waals surface area contributed by atoms with E-state index in [1.807, 2.05) is 6.20 Å². The molecule has 0 saturated carbocycles. The molecule has 3 N–H and O–H groups in total. The number of aryl methyl sites for hydroxylation is 3. The van der Waals surface area contributed by atoms with Gasteiger partial charge in [-0.15, -0.1) is 0 Å². The average molecular weight is 298 g/mol. The molecule has 1 atom stereocenters.